The van der Waals surface area contributed by atoms with Gasteiger partial charge in [-0.05, 0) is 0 Å². The lowest BCUT2D eigenvalue weighted by molar-refractivity contribution is -0.234. The monoisotopic (exact) mass is 389 g/mol. The topological polar surface area (TPSA) is 158 Å². The van der Waals surface area contributed by atoms with Gasteiger partial charge in [0.15, 0.2) is 30.5 Å². The molecule has 11 heteroatoms. The van der Waals surface area contributed by atoms with E-state index in [9.17, 15) is 24.0 Å². The molecule has 152 valence electrons. The van der Waals surface area contributed by atoms with Crippen LogP contribution in [0.3, 0.4) is 0 Å². The molecular weight excluding hydrogens is 366 g/mol. The van der Waals surface area contributed by atoms with Crippen LogP contribution in [0, 0.1) is 0 Å². The molecule has 0 heterocycles. The van der Waals surface area contributed by atoms with E-state index in [2.05, 4.69) is 0 Å². The summed E-state index contributed by atoms with van der Waals surface area (Å²) in [6.07, 6.45) is -6.86. The van der Waals surface area contributed by atoms with E-state index in [-0.39, 0.29) is 0 Å². The first-order valence-corrected chi connectivity index (χ1v) is 8.05. The molecule has 2 unspecified atom stereocenters. The zero-order chi connectivity index (χ0) is 20.9. The zero-order valence-corrected chi connectivity index (χ0v) is 15.6. The fourth-order valence-electron chi connectivity index (χ4n) is 2.84. The van der Waals surface area contributed by atoms with Crippen LogP contribution in [0.5, 0.6) is 0 Å². The minimum atomic E-state index is -1.43. The number of hydrogen-bond acceptors (Lipinski definition) is 11. The van der Waals surface area contributed by atoms with Crippen molar-refractivity contribution < 1.29 is 47.7 Å². The summed E-state index contributed by atoms with van der Waals surface area (Å²) in [6.45, 7) is 5.43. The van der Waals surface area contributed by atoms with Gasteiger partial charge < -0.3 is 29.4 Å². The molecule has 2 N–H and O–H groups in total. The molecule has 0 saturated heterocycles. The van der Waals surface area contributed by atoms with Gasteiger partial charge in [0, 0.05) is 34.6 Å². The first kappa shape index (κ1) is 22.4. The van der Waals surface area contributed by atoms with Gasteiger partial charge in [0.05, 0.1) is 6.04 Å². The Hall–Kier alpha value is -2.69. The lowest BCUT2D eigenvalue weighted by atomic mass is 9.82. The van der Waals surface area contributed by atoms with Crippen LogP contribution in [0.2, 0.25) is 0 Å². The summed E-state index contributed by atoms with van der Waals surface area (Å²) in [7, 11) is 0. The SMILES string of the molecule is CC(=O)OC1[C@H](OC(C)=O)[C@H](OC(C)=O)C(N)[C@H](OC(C)=O)[C@H]1OC(C)=O. The fraction of sp³-hybridized carbons (Fsp3) is 0.688. The van der Waals surface area contributed by atoms with Crippen molar-refractivity contribution in [3.8, 4) is 0 Å². The molecule has 27 heavy (non-hydrogen) atoms. The minimum Gasteiger partial charge on any atom is -0.457 e. The first-order chi connectivity index (χ1) is 12.4. The molecule has 6 atom stereocenters. The second kappa shape index (κ2) is 9.31. The molecule has 0 radical (unpaired) electrons. The van der Waals surface area contributed by atoms with Crippen molar-refractivity contribution >= 4 is 29.8 Å². The number of hydrogen-bond donors (Lipinski definition) is 1. The van der Waals surface area contributed by atoms with E-state index in [0.717, 1.165) is 34.6 Å². The smallest absolute Gasteiger partial charge is 0.303 e. The van der Waals surface area contributed by atoms with Crippen LogP contribution in [-0.4, -0.2) is 66.4 Å². The normalized spacial score (nSPS) is 29.9. The predicted molar refractivity (Wildman–Crippen MR) is 85.7 cm³/mol. The molecule has 0 aromatic carbocycles. The van der Waals surface area contributed by atoms with Crippen molar-refractivity contribution in [2.24, 2.45) is 5.73 Å². The molecule has 0 amide bonds. The van der Waals surface area contributed by atoms with Gasteiger partial charge in [0.2, 0.25) is 0 Å². The van der Waals surface area contributed by atoms with Crippen LogP contribution in [0.25, 0.3) is 0 Å². The Labute approximate surface area is 155 Å². The molecule has 0 aromatic heterocycles. The molecule has 0 bridgehead atoms. The second-order valence-electron chi connectivity index (χ2n) is 5.95. The molecule has 1 rings (SSSR count). The van der Waals surface area contributed by atoms with Gasteiger partial charge in [0.1, 0.15) is 0 Å². The van der Waals surface area contributed by atoms with Crippen LogP contribution in [0.15, 0.2) is 0 Å². The number of carbonyl (C=O) groups is 5. The number of carbonyl (C=O) groups excluding carboxylic acids is 5. The summed E-state index contributed by atoms with van der Waals surface area (Å²) in [6, 6.07) is -1.24. The van der Waals surface area contributed by atoms with Gasteiger partial charge >= 0.3 is 29.8 Å². The molecule has 0 aromatic rings. The Morgan fingerprint density at radius 2 is 0.667 bits per heavy atom. The Balaban J connectivity index is 3.46. The van der Waals surface area contributed by atoms with Gasteiger partial charge in [-0.3, -0.25) is 24.0 Å². The highest BCUT2D eigenvalue weighted by atomic mass is 16.6. The molecule has 11 nitrogen and oxygen atoms in total. The van der Waals surface area contributed by atoms with E-state index in [1.165, 1.54) is 0 Å². The Bertz CT molecular complexity index is 574. The number of nitrogens with two attached hydrogens (primary N) is 1. The number of rotatable bonds is 5. The summed E-state index contributed by atoms with van der Waals surface area (Å²) < 4.78 is 25.7. The van der Waals surface area contributed by atoms with Gasteiger partial charge in [-0.2, -0.15) is 0 Å². The maximum atomic E-state index is 11.6. The molecule has 0 spiro atoms. The zero-order valence-electron chi connectivity index (χ0n) is 15.6. The van der Waals surface area contributed by atoms with Gasteiger partial charge in [0.25, 0.3) is 0 Å². The third-order valence-corrected chi connectivity index (χ3v) is 3.56. The standard InChI is InChI=1S/C16H23NO10/c1-6(18)23-12-11(17)13(24-7(2)19)15(26-9(4)21)16(27-10(5)22)14(12)25-8(3)20/h11-16H,17H2,1-5H3/t11?,12-,13+,14-,15-,16?/m1/s1. The fourth-order valence-corrected chi connectivity index (χ4v) is 2.84. The third kappa shape index (κ3) is 6.20. The largest absolute Gasteiger partial charge is 0.457 e. The van der Waals surface area contributed by atoms with Crippen molar-refractivity contribution in [1.29, 1.82) is 0 Å². The summed E-state index contributed by atoms with van der Waals surface area (Å²) in [4.78, 5) is 57.6. The Kier molecular flexibility index (Phi) is 7.70. The highest BCUT2D eigenvalue weighted by Gasteiger charge is 2.57. The summed E-state index contributed by atoms with van der Waals surface area (Å²) >= 11 is 0. The maximum Gasteiger partial charge on any atom is 0.303 e. The van der Waals surface area contributed by atoms with E-state index in [1.54, 1.807) is 0 Å². The molecule has 1 aliphatic carbocycles. The highest BCUT2D eigenvalue weighted by molar-refractivity contribution is 5.70. The molecular formula is C16H23NO10. The van der Waals surface area contributed by atoms with E-state index in [0.29, 0.717) is 0 Å². The predicted octanol–water partition coefficient (Wildman–Crippen LogP) is -1.01. The molecule has 1 saturated carbocycles. The minimum absolute atomic E-state index is 0.762. The second-order valence-corrected chi connectivity index (χ2v) is 5.95. The van der Waals surface area contributed by atoms with Gasteiger partial charge in [-0.15, -0.1) is 0 Å². The average Bonchev–Trinajstić information content (AvgIpc) is 2.49. The lowest BCUT2D eigenvalue weighted by Gasteiger charge is -2.46. The van der Waals surface area contributed by atoms with Crippen LogP contribution < -0.4 is 5.73 Å². The van der Waals surface area contributed by atoms with E-state index < -0.39 is 66.4 Å². The summed E-state index contributed by atoms with van der Waals surface area (Å²) in [5.74, 6) is -3.89. The number of ether oxygens (including phenoxy) is 5. The van der Waals surface area contributed by atoms with E-state index in [4.69, 9.17) is 29.4 Å². The Morgan fingerprint density at radius 1 is 0.481 bits per heavy atom. The lowest BCUT2D eigenvalue weighted by Crippen LogP contribution is -2.70. The van der Waals surface area contributed by atoms with Crippen molar-refractivity contribution in [3.63, 3.8) is 0 Å². The molecule has 1 fully saturated rings. The Morgan fingerprint density at radius 3 is 0.889 bits per heavy atom. The highest BCUT2D eigenvalue weighted by Crippen LogP contribution is 2.31. The van der Waals surface area contributed by atoms with Crippen molar-refractivity contribution in [3.05, 3.63) is 0 Å². The van der Waals surface area contributed by atoms with Crippen LogP contribution in [0.1, 0.15) is 34.6 Å². The van der Waals surface area contributed by atoms with Gasteiger partial charge in [-0.25, -0.2) is 0 Å². The quantitative estimate of drug-likeness (QED) is 0.453. The van der Waals surface area contributed by atoms with Crippen molar-refractivity contribution in [1.82, 2.24) is 0 Å². The van der Waals surface area contributed by atoms with Crippen LogP contribution in [-0.2, 0) is 47.7 Å². The van der Waals surface area contributed by atoms with Crippen LogP contribution in [0.4, 0.5) is 0 Å². The van der Waals surface area contributed by atoms with Crippen LogP contribution >= 0.6 is 0 Å². The third-order valence-electron chi connectivity index (χ3n) is 3.56. The summed E-state index contributed by atoms with van der Waals surface area (Å²) in [5, 5.41) is 0. The van der Waals surface area contributed by atoms with Crippen molar-refractivity contribution in [2.45, 2.75) is 71.2 Å². The van der Waals surface area contributed by atoms with E-state index >= 15 is 0 Å². The number of esters is 5. The summed E-state index contributed by atoms with van der Waals surface area (Å²) in [5.41, 5.74) is 6.07. The molecule has 0 aliphatic heterocycles. The molecule has 1 aliphatic rings. The van der Waals surface area contributed by atoms with E-state index in [1.807, 2.05) is 0 Å². The van der Waals surface area contributed by atoms with Gasteiger partial charge in [-0.1, -0.05) is 0 Å². The first-order valence-electron chi connectivity index (χ1n) is 8.05. The maximum absolute atomic E-state index is 11.6. The van der Waals surface area contributed by atoms with Crippen molar-refractivity contribution in [2.75, 3.05) is 0 Å². The average molecular weight is 389 g/mol.